The van der Waals surface area contributed by atoms with Crippen LogP contribution in [0.25, 0.3) is 0 Å². The van der Waals surface area contributed by atoms with Gasteiger partial charge in [0.1, 0.15) is 0 Å². The highest BCUT2D eigenvalue weighted by Crippen LogP contribution is 2.66. The number of alkyl halides is 1. The van der Waals surface area contributed by atoms with Crippen molar-refractivity contribution in [2.45, 2.75) is 11.0 Å². The van der Waals surface area contributed by atoms with Gasteiger partial charge in [0.15, 0.2) is 0 Å². The van der Waals surface area contributed by atoms with Gasteiger partial charge in [-0.15, -0.1) is 11.6 Å². The molecule has 2 N–H and O–H groups in total. The summed E-state index contributed by atoms with van der Waals surface area (Å²) in [5.74, 6) is -2.14. The maximum Gasteiger partial charge on any atom is 0.308 e. The maximum absolute atomic E-state index is 10.7. The molecule has 1 saturated carbocycles. The average Bonchev–Trinajstić information content (AvgIpc) is 2.38. The molecule has 0 aromatic heterocycles. The second kappa shape index (κ2) is 2.63. The van der Waals surface area contributed by atoms with E-state index in [1.807, 2.05) is 0 Å². The molecule has 0 radical (unpaired) electrons. The van der Waals surface area contributed by atoms with Crippen molar-refractivity contribution >= 4 is 35.5 Å². The zero-order valence-corrected chi connectivity index (χ0v) is 7.55. The van der Waals surface area contributed by atoms with Gasteiger partial charge in [0.2, 0.25) is 0 Å². The molecule has 0 aromatic carbocycles. The van der Waals surface area contributed by atoms with Crippen molar-refractivity contribution in [2.75, 3.05) is 0 Å². The minimum Gasteiger partial charge on any atom is -0.481 e. The fraction of sp³-hybridized carbons (Fsp3) is 0.750. The molecule has 0 heterocycles. The standard InChI is InChI=1S/C4H5Cl2O4P/c5-2-1(4(7)8)3(2)11(6,9)10/h1-3H,(H,7,8)(H,9,10). The van der Waals surface area contributed by atoms with E-state index in [-0.39, 0.29) is 0 Å². The van der Waals surface area contributed by atoms with Crippen molar-refractivity contribution < 1.29 is 19.4 Å². The Morgan fingerprint density at radius 2 is 2.00 bits per heavy atom. The van der Waals surface area contributed by atoms with Crippen LogP contribution in [0.3, 0.4) is 0 Å². The molecule has 1 aliphatic rings. The molecule has 7 heteroatoms. The number of rotatable bonds is 2. The number of aliphatic carboxylic acids is 1. The van der Waals surface area contributed by atoms with E-state index in [0.717, 1.165) is 0 Å². The summed E-state index contributed by atoms with van der Waals surface area (Å²) in [6.45, 7) is -3.83. The zero-order chi connectivity index (χ0) is 8.81. The third-order valence-electron chi connectivity index (χ3n) is 1.55. The van der Waals surface area contributed by atoms with Crippen LogP contribution in [0.15, 0.2) is 0 Å². The zero-order valence-electron chi connectivity index (χ0n) is 5.15. The Morgan fingerprint density at radius 1 is 1.55 bits per heavy atom. The third-order valence-corrected chi connectivity index (χ3v) is 4.32. The summed E-state index contributed by atoms with van der Waals surface area (Å²) in [4.78, 5) is 19.0. The van der Waals surface area contributed by atoms with Gasteiger partial charge < -0.3 is 10.00 Å². The summed E-state index contributed by atoms with van der Waals surface area (Å²) in [5.41, 5.74) is -0.983. The second-order valence-corrected chi connectivity index (χ2v) is 5.99. The van der Waals surface area contributed by atoms with Crippen molar-refractivity contribution in [2.24, 2.45) is 5.92 Å². The SMILES string of the molecule is O=C(O)C1C(Cl)C1P(=O)(O)Cl. The van der Waals surface area contributed by atoms with E-state index in [0.29, 0.717) is 0 Å². The van der Waals surface area contributed by atoms with E-state index < -0.39 is 29.6 Å². The summed E-state index contributed by atoms with van der Waals surface area (Å²) in [5, 5.41) is 7.58. The monoisotopic (exact) mass is 218 g/mol. The van der Waals surface area contributed by atoms with Crippen molar-refractivity contribution in [1.82, 2.24) is 0 Å². The minimum absolute atomic E-state index is 0.805. The van der Waals surface area contributed by atoms with Crippen LogP contribution in [0.5, 0.6) is 0 Å². The molecule has 0 aliphatic heterocycles. The summed E-state index contributed by atoms with van der Waals surface area (Å²) in [6.07, 6.45) is 0. The fourth-order valence-electron chi connectivity index (χ4n) is 0.915. The highest BCUT2D eigenvalue weighted by molar-refractivity contribution is 7.85. The van der Waals surface area contributed by atoms with Gasteiger partial charge >= 0.3 is 5.97 Å². The molecular weight excluding hydrogens is 214 g/mol. The van der Waals surface area contributed by atoms with Crippen molar-refractivity contribution in [3.8, 4) is 0 Å². The van der Waals surface area contributed by atoms with E-state index in [4.69, 9.17) is 32.8 Å². The number of carboxylic acids is 1. The summed E-state index contributed by atoms with van der Waals surface area (Å²) in [6, 6.07) is 0. The maximum atomic E-state index is 10.7. The number of carbonyl (C=O) groups is 1. The molecule has 0 amide bonds. The quantitative estimate of drug-likeness (QED) is 0.538. The first-order chi connectivity index (χ1) is 4.85. The van der Waals surface area contributed by atoms with Gasteiger partial charge in [-0.1, -0.05) is 0 Å². The lowest BCUT2D eigenvalue weighted by molar-refractivity contribution is -0.138. The molecule has 4 nitrogen and oxygen atoms in total. The summed E-state index contributed by atoms with van der Waals surface area (Å²) < 4.78 is 10.7. The molecular formula is C4H5Cl2O4P. The Kier molecular flexibility index (Phi) is 2.23. The van der Waals surface area contributed by atoms with Crippen LogP contribution in [0.2, 0.25) is 0 Å². The van der Waals surface area contributed by atoms with Crippen molar-refractivity contribution in [3.05, 3.63) is 0 Å². The minimum atomic E-state index is -3.83. The fourth-order valence-corrected chi connectivity index (χ4v) is 3.86. The molecule has 64 valence electrons. The van der Waals surface area contributed by atoms with E-state index in [9.17, 15) is 9.36 Å². The number of carboxylic acid groups (broad SMARTS) is 1. The lowest BCUT2D eigenvalue weighted by Gasteiger charge is -1.96. The molecule has 0 spiro atoms. The molecule has 1 fully saturated rings. The summed E-state index contributed by atoms with van der Waals surface area (Å²) >= 11 is 10.4. The Balaban J connectivity index is 2.70. The molecule has 4 unspecified atom stereocenters. The topological polar surface area (TPSA) is 74.6 Å². The first kappa shape index (κ1) is 9.33. The van der Waals surface area contributed by atoms with Gasteiger partial charge in [0.25, 0.3) is 6.72 Å². The van der Waals surface area contributed by atoms with Gasteiger partial charge in [-0.05, 0) is 11.2 Å². The predicted molar refractivity (Wildman–Crippen MR) is 40.2 cm³/mol. The van der Waals surface area contributed by atoms with Crippen LogP contribution in [-0.2, 0) is 9.36 Å². The van der Waals surface area contributed by atoms with Gasteiger partial charge in [-0.25, -0.2) is 0 Å². The second-order valence-electron chi connectivity index (χ2n) is 2.34. The molecule has 4 atom stereocenters. The van der Waals surface area contributed by atoms with Crippen LogP contribution in [0.1, 0.15) is 0 Å². The van der Waals surface area contributed by atoms with Crippen LogP contribution in [0.4, 0.5) is 0 Å². The Bertz CT molecular complexity index is 236. The third kappa shape index (κ3) is 1.70. The average molecular weight is 219 g/mol. The number of hydrogen-bond donors (Lipinski definition) is 2. The molecule has 1 aliphatic carbocycles. The predicted octanol–water partition coefficient (Wildman–Crippen LogP) is 1.10. The number of halogens is 2. The Labute approximate surface area is 72.4 Å². The van der Waals surface area contributed by atoms with E-state index in [1.54, 1.807) is 0 Å². The lowest BCUT2D eigenvalue weighted by atomic mass is 10.4. The first-order valence-electron chi connectivity index (χ1n) is 2.74. The molecule has 1 rings (SSSR count). The van der Waals surface area contributed by atoms with Crippen LogP contribution >= 0.6 is 29.6 Å². The van der Waals surface area contributed by atoms with E-state index in [2.05, 4.69) is 0 Å². The van der Waals surface area contributed by atoms with Crippen LogP contribution < -0.4 is 0 Å². The van der Waals surface area contributed by atoms with E-state index >= 15 is 0 Å². The Morgan fingerprint density at radius 3 is 2.09 bits per heavy atom. The van der Waals surface area contributed by atoms with Crippen molar-refractivity contribution in [1.29, 1.82) is 0 Å². The largest absolute Gasteiger partial charge is 0.481 e. The van der Waals surface area contributed by atoms with Gasteiger partial charge in [-0.3, -0.25) is 9.36 Å². The molecule has 0 bridgehead atoms. The normalized spacial score (nSPS) is 41.2. The lowest BCUT2D eigenvalue weighted by Crippen LogP contribution is -2.01. The van der Waals surface area contributed by atoms with Crippen LogP contribution in [-0.4, -0.2) is 27.0 Å². The Hall–Kier alpha value is 0.240. The molecule has 0 saturated heterocycles. The first-order valence-corrected chi connectivity index (χ1v) is 5.81. The molecule has 0 aromatic rings. The highest BCUT2D eigenvalue weighted by atomic mass is 35.7. The van der Waals surface area contributed by atoms with E-state index in [1.165, 1.54) is 0 Å². The van der Waals surface area contributed by atoms with Crippen LogP contribution in [0, 0.1) is 5.92 Å². The molecule has 11 heavy (non-hydrogen) atoms. The van der Waals surface area contributed by atoms with Gasteiger partial charge in [0.05, 0.1) is 17.0 Å². The number of hydrogen-bond acceptors (Lipinski definition) is 2. The smallest absolute Gasteiger partial charge is 0.308 e. The van der Waals surface area contributed by atoms with Crippen molar-refractivity contribution in [3.63, 3.8) is 0 Å². The summed E-state index contributed by atoms with van der Waals surface area (Å²) in [7, 11) is 0. The van der Waals surface area contributed by atoms with Gasteiger partial charge in [0, 0.05) is 0 Å². The van der Waals surface area contributed by atoms with Gasteiger partial charge in [-0.2, -0.15) is 0 Å². The highest BCUT2D eigenvalue weighted by Gasteiger charge is 2.62.